The van der Waals surface area contributed by atoms with Gasteiger partial charge in [-0.25, -0.2) is 4.68 Å². The van der Waals surface area contributed by atoms with Crippen molar-refractivity contribution in [3.63, 3.8) is 0 Å². The molecule has 17 heavy (non-hydrogen) atoms. The molecule has 0 aliphatic heterocycles. The maximum Gasteiger partial charge on any atom is 0.217 e. The Balaban J connectivity index is 2.50. The molecule has 0 radical (unpaired) electrons. The number of ether oxygens (including phenoxy) is 1. The highest BCUT2D eigenvalue weighted by atomic mass is 79.9. The molecule has 1 aromatic heterocycles. The van der Waals surface area contributed by atoms with E-state index in [1.165, 1.54) is 6.92 Å². The van der Waals surface area contributed by atoms with Crippen molar-refractivity contribution in [2.45, 2.75) is 6.92 Å². The van der Waals surface area contributed by atoms with Crippen LogP contribution in [-0.4, -0.2) is 22.7 Å². The third-order valence-electron chi connectivity index (χ3n) is 2.32. The first-order valence-corrected chi connectivity index (χ1v) is 5.82. The van der Waals surface area contributed by atoms with Gasteiger partial charge >= 0.3 is 0 Å². The van der Waals surface area contributed by atoms with E-state index in [1.54, 1.807) is 17.9 Å². The van der Waals surface area contributed by atoms with Crippen molar-refractivity contribution in [1.29, 1.82) is 0 Å². The molecule has 0 N–H and O–H groups in total. The molecular weight excluding hydrogens is 284 g/mol. The van der Waals surface area contributed by atoms with Gasteiger partial charge in [-0.05, 0) is 24.3 Å². The molecule has 0 bridgehead atoms. The molecule has 0 saturated heterocycles. The number of benzene rings is 1. The lowest BCUT2D eigenvalue weighted by Crippen LogP contribution is -2.01. The van der Waals surface area contributed by atoms with Crippen LogP contribution in [0.2, 0.25) is 0 Å². The second kappa shape index (κ2) is 4.71. The van der Waals surface area contributed by atoms with Gasteiger partial charge in [0.15, 0.2) is 5.78 Å². The molecule has 5 heteroatoms. The maximum absolute atomic E-state index is 11.3. The summed E-state index contributed by atoms with van der Waals surface area (Å²) in [6.07, 6.45) is 0. The van der Waals surface area contributed by atoms with E-state index >= 15 is 0 Å². The molecule has 1 aromatic carbocycles. The van der Waals surface area contributed by atoms with Crippen LogP contribution in [0.3, 0.4) is 0 Å². The van der Waals surface area contributed by atoms with Crippen molar-refractivity contribution < 1.29 is 9.53 Å². The lowest BCUT2D eigenvalue weighted by Gasteiger charge is -2.05. The standard InChI is InChI=1S/C12H11BrN2O2/c1-8(16)11-7-12(17-2)15(14-11)10-5-3-9(13)4-6-10/h3-7H,1-2H3. The lowest BCUT2D eigenvalue weighted by molar-refractivity contribution is 0.101. The van der Waals surface area contributed by atoms with Gasteiger partial charge in [-0.2, -0.15) is 5.10 Å². The number of aromatic nitrogens is 2. The minimum atomic E-state index is -0.0841. The summed E-state index contributed by atoms with van der Waals surface area (Å²) in [5.74, 6) is 0.455. The van der Waals surface area contributed by atoms with Crippen LogP contribution < -0.4 is 4.74 Å². The summed E-state index contributed by atoms with van der Waals surface area (Å²) in [7, 11) is 1.55. The first-order chi connectivity index (χ1) is 8.11. The molecule has 0 fully saturated rings. The molecule has 1 heterocycles. The molecule has 4 nitrogen and oxygen atoms in total. The van der Waals surface area contributed by atoms with E-state index in [9.17, 15) is 4.79 Å². The number of carbonyl (C=O) groups is 1. The highest BCUT2D eigenvalue weighted by Gasteiger charge is 2.12. The van der Waals surface area contributed by atoms with Crippen LogP contribution in [0.15, 0.2) is 34.8 Å². The number of hydrogen-bond donors (Lipinski definition) is 0. The zero-order valence-corrected chi connectivity index (χ0v) is 11.1. The van der Waals surface area contributed by atoms with E-state index in [1.807, 2.05) is 24.3 Å². The topological polar surface area (TPSA) is 44.1 Å². The van der Waals surface area contributed by atoms with E-state index < -0.39 is 0 Å². The third-order valence-corrected chi connectivity index (χ3v) is 2.85. The third kappa shape index (κ3) is 2.39. The van der Waals surface area contributed by atoms with Crippen LogP contribution in [0.5, 0.6) is 5.88 Å². The van der Waals surface area contributed by atoms with E-state index in [0.717, 1.165) is 10.2 Å². The van der Waals surface area contributed by atoms with Gasteiger partial charge in [-0.3, -0.25) is 4.79 Å². The van der Waals surface area contributed by atoms with Gasteiger partial charge < -0.3 is 4.74 Å². The molecule has 2 rings (SSSR count). The average Bonchev–Trinajstić information content (AvgIpc) is 2.74. The fraction of sp³-hybridized carbons (Fsp3) is 0.167. The number of carbonyl (C=O) groups excluding carboxylic acids is 1. The largest absolute Gasteiger partial charge is 0.481 e. The van der Waals surface area contributed by atoms with E-state index in [0.29, 0.717) is 11.6 Å². The predicted molar refractivity (Wildman–Crippen MR) is 67.8 cm³/mol. The summed E-state index contributed by atoms with van der Waals surface area (Å²) in [5.41, 5.74) is 1.24. The van der Waals surface area contributed by atoms with Crippen LogP contribution in [-0.2, 0) is 0 Å². The first-order valence-electron chi connectivity index (χ1n) is 5.03. The molecule has 0 unspecified atom stereocenters. The van der Waals surface area contributed by atoms with Crippen LogP contribution in [0.4, 0.5) is 0 Å². The van der Waals surface area contributed by atoms with Crippen molar-refractivity contribution in [3.05, 3.63) is 40.5 Å². The number of ketones is 1. The number of hydrogen-bond acceptors (Lipinski definition) is 3. The normalized spacial score (nSPS) is 10.3. The Morgan fingerprint density at radius 1 is 1.35 bits per heavy atom. The van der Waals surface area contributed by atoms with Gasteiger partial charge in [-0.1, -0.05) is 15.9 Å². The van der Waals surface area contributed by atoms with Crippen LogP contribution in [0, 0.1) is 0 Å². The SMILES string of the molecule is COc1cc(C(C)=O)nn1-c1ccc(Br)cc1. The molecule has 88 valence electrons. The Labute approximate surface area is 107 Å². The summed E-state index contributed by atoms with van der Waals surface area (Å²) in [6, 6.07) is 9.23. The molecule has 2 aromatic rings. The molecule has 0 amide bonds. The maximum atomic E-state index is 11.3. The lowest BCUT2D eigenvalue weighted by atomic mass is 10.3. The minimum Gasteiger partial charge on any atom is -0.481 e. The fourth-order valence-electron chi connectivity index (χ4n) is 1.45. The number of Topliss-reactive ketones (excluding diaryl/α,β-unsaturated/α-hetero) is 1. The summed E-state index contributed by atoms with van der Waals surface area (Å²) in [6.45, 7) is 1.48. The molecule has 0 aliphatic carbocycles. The minimum absolute atomic E-state index is 0.0841. The molecule has 0 atom stereocenters. The molecule has 0 saturated carbocycles. The second-order valence-corrected chi connectivity index (χ2v) is 4.43. The van der Waals surface area contributed by atoms with Gasteiger partial charge in [0.05, 0.1) is 12.8 Å². The highest BCUT2D eigenvalue weighted by molar-refractivity contribution is 9.10. The summed E-state index contributed by atoms with van der Waals surface area (Å²) >= 11 is 3.37. The van der Waals surface area contributed by atoms with E-state index in [-0.39, 0.29) is 5.78 Å². The van der Waals surface area contributed by atoms with E-state index in [4.69, 9.17) is 4.74 Å². The fourth-order valence-corrected chi connectivity index (χ4v) is 1.71. The first kappa shape index (κ1) is 11.9. The summed E-state index contributed by atoms with van der Waals surface area (Å²) in [4.78, 5) is 11.3. The quantitative estimate of drug-likeness (QED) is 0.818. The van der Waals surface area contributed by atoms with Gasteiger partial charge in [0.25, 0.3) is 0 Å². The Hall–Kier alpha value is -1.62. The Bertz CT molecular complexity index is 546. The molecule has 0 aliphatic rings. The smallest absolute Gasteiger partial charge is 0.217 e. The van der Waals surface area contributed by atoms with Crippen molar-refractivity contribution in [3.8, 4) is 11.6 Å². The summed E-state index contributed by atoms with van der Waals surface area (Å²) < 4.78 is 7.78. The summed E-state index contributed by atoms with van der Waals surface area (Å²) in [5, 5.41) is 4.21. The van der Waals surface area contributed by atoms with Crippen LogP contribution in [0.25, 0.3) is 5.69 Å². The van der Waals surface area contributed by atoms with Gasteiger partial charge in [0.2, 0.25) is 5.88 Å². The molecule has 0 spiro atoms. The van der Waals surface area contributed by atoms with E-state index in [2.05, 4.69) is 21.0 Å². The van der Waals surface area contributed by atoms with Crippen molar-refractivity contribution in [1.82, 2.24) is 9.78 Å². The van der Waals surface area contributed by atoms with Gasteiger partial charge in [-0.15, -0.1) is 0 Å². The zero-order chi connectivity index (χ0) is 12.4. The van der Waals surface area contributed by atoms with Crippen molar-refractivity contribution in [2.24, 2.45) is 0 Å². The van der Waals surface area contributed by atoms with Gasteiger partial charge in [0, 0.05) is 17.5 Å². The monoisotopic (exact) mass is 294 g/mol. The molecular formula is C12H11BrN2O2. The average molecular weight is 295 g/mol. The Kier molecular flexibility index (Phi) is 3.28. The number of halogens is 1. The van der Waals surface area contributed by atoms with Crippen molar-refractivity contribution >= 4 is 21.7 Å². The number of nitrogens with zero attached hydrogens (tertiary/aromatic N) is 2. The van der Waals surface area contributed by atoms with Crippen LogP contribution in [0.1, 0.15) is 17.4 Å². The second-order valence-electron chi connectivity index (χ2n) is 3.52. The number of methoxy groups -OCH3 is 1. The highest BCUT2D eigenvalue weighted by Crippen LogP contribution is 2.21. The predicted octanol–water partition coefficient (Wildman–Crippen LogP) is 2.85. The van der Waals surface area contributed by atoms with Crippen LogP contribution >= 0.6 is 15.9 Å². The zero-order valence-electron chi connectivity index (χ0n) is 9.48. The number of rotatable bonds is 3. The van der Waals surface area contributed by atoms with Gasteiger partial charge in [0.1, 0.15) is 5.69 Å². The Morgan fingerprint density at radius 2 is 2.00 bits per heavy atom. The Morgan fingerprint density at radius 3 is 2.53 bits per heavy atom. The van der Waals surface area contributed by atoms with Crippen molar-refractivity contribution in [2.75, 3.05) is 7.11 Å².